The smallest absolute Gasteiger partial charge is 0.307 e. The molecule has 0 heterocycles. The van der Waals surface area contributed by atoms with Crippen molar-refractivity contribution >= 4 is 23.5 Å². The van der Waals surface area contributed by atoms with Gasteiger partial charge in [-0.2, -0.15) is 0 Å². The van der Waals surface area contributed by atoms with Crippen LogP contribution in [-0.2, 0) is 6.42 Å². The topological polar surface area (TPSA) is 41.1 Å². The molecule has 0 spiro atoms. The number of nitrogens with one attached hydrogen (secondary N) is 2. The lowest BCUT2D eigenvalue weighted by molar-refractivity contribution is 0.257. The van der Waals surface area contributed by atoms with E-state index in [0.717, 1.165) is 12.1 Å². The van der Waals surface area contributed by atoms with Crippen molar-refractivity contribution in [2.24, 2.45) is 0 Å². The van der Waals surface area contributed by atoms with Gasteiger partial charge in [0, 0.05) is 17.5 Å². The normalized spacial score (nSPS) is 9.38. The van der Waals surface area contributed by atoms with Crippen molar-refractivity contribution in [3.63, 3.8) is 0 Å². The number of urea groups is 1. The highest BCUT2D eigenvalue weighted by molar-refractivity contribution is 6.22. The van der Waals surface area contributed by atoms with Crippen LogP contribution in [0, 0.1) is 0 Å². The Kier molecular flexibility index (Phi) is 3.58. The third kappa shape index (κ3) is 2.95. The van der Waals surface area contributed by atoms with Crippen molar-refractivity contribution in [3.05, 3.63) is 29.8 Å². The Labute approximate surface area is 82.2 Å². The lowest BCUT2D eigenvalue weighted by Crippen LogP contribution is -2.20. The van der Waals surface area contributed by atoms with Crippen LogP contribution in [0.2, 0.25) is 0 Å². The standard InChI is InChI=1S/C9H11ClN2O/c1-2-7-3-5-8(6-4-7)11-9(13)12-10/h3-6H,2H2,1H3,(H2,11,12,13). The van der Waals surface area contributed by atoms with Crippen molar-refractivity contribution in [2.45, 2.75) is 13.3 Å². The first-order chi connectivity index (χ1) is 6.26. The lowest BCUT2D eigenvalue weighted by Gasteiger charge is -2.03. The minimum Gasteiger partial charge on any atom is -0.307 e. The zero-order valence-corrected chi connectivity index (χ0v) is 8.06. The molecule has 1 aromatic carbocycles. The van der Waals surface area contributed by atoms with Gasteiger partial charge in [0.15, 0.2) is 0 Å². The van der Waals surface area contributed by atoms with Crippen molar-refractivity contribution in [1.82, 2.24) is 4.84 Å². The first-order valence-corrected chi connectivity index (χ1v) is 4.40. The third-order valence-electron chi connectivity index (χ3n) is 1.71. The molecule has 4 heteroatoms. The zero-order chi connectivity index (χ0) is 9.68. The number of benzene rings is 1. The Hall–Kier alpha value is -1.22. The van der Waals surface area contributed by atoms with Crippen LogP contribution in [-0.4, -0.2) is 6.03 Å². The van der Waals surface area contributed by atoms with Crippen molar-refractivity contribution in [1.29, 1.82) is 0 Å². The van der Waals surface area contributed by atoms with Crippen LogP contribution in [0.4, 0.5) is 10.5 Å². The van der Waals surface area contributed by atoms with Gasteiger partial charge in [-0.15, -0.1) is 0 Å². The van der Waals surface area contributed by atoms with Gasteiger partial charge >= 0.3 is 6.03 Å². The molecule has 13 heavy (non-hydrogen) atoms. The quantitative estimate of drug-likeness (QED) is 0.705. The molecule has 0 aliphatic carbocycles. The van der Waals surface area contributed by atoms with Gasteiger partial charge in [-0.1, -0.05) is 19.1 Å². The number of halogens is 1. The summed E-state index contributed by atoms with van der Waals surface area (Å²) in [4.78, 5) is 12.7. The van der Waals surface area contributed by atoms with Crippen LogP contribution < -0.4 is 10.2 Å². The molecule has 0 fully saturated rings. The molecule has 0 saturated heterocycles. The second kappa shape index (κ2) is 4.72. The highest BCUT2D eigenvalue weighted by Gasteiger charge is 1.97. The van der Waals surface area contributed by atoms with Gasteiger partial charge < -0.3 is 5.32 Å². The van der Waals surface area contributed by atoms with Gasteiger partial charge in [-0.3, -0.25) is 0 Å². The second-order valence-corrected chi connectivity index (χ2v) is 2.79. The van der Waals surface area contributed by atoms with E-state index in [1.807, 2.05) is 29.1 Å². The molecule has 2 N–H and O–H groups in total. The molecule has 0 saturated carbocycles. The molecule has 0 aliphatic rings. The van der Waals surface area contributed by atoms with Gasteiger partial charge in [0.25, 0.3) is 0 Å². The molecule has 0 aromatic heterocycles. The number of aryl methyl sites for hydroxylation is 1. The van der Waals surface area contributed by atoms with E-state index in [1.54, 1.807) is 0 Å². The fraction of sp³-hybridized carbons (Fsp3) is 0.222. The van der Waals surface area contributed by atoms with Crippen LogP contribution in [0.25, 0.3) is 0 Å². The average Bonchev–Trinajstić information content (AvgIpc) is 2.19. The van der Waals surface area contributed by atoms with E-state index in [2.05, 4.69) is 12.2 Å². The van der Waals surface area contributed by atoms with Crippen LogP contribution in [0.3, 0.4) is 0 Å². The van der Waals surface area contributed by atoms with E-state index >= 15 is 0 Å². The van der Waals surface area contributed by atoms with Gasteiger partial charge in [0.05, 0.1) is 0 Å². The maximum absolute atomic E-state index is 10.8. The zero-order valence-electron chi connectivity index (χ0n) is 7.30. The summed E-state index contributed by atoms with van der Waals surface area (Å²) in [5, 5.41) is 2.56. The summed E-state index contributed by atoms with van der Waals surface area (Å²) in [7, 11) is 0. The molecule has 70 valence electrons. The number of amides is 2. The van der Waals surface area contributed by atoms with Crippen molar-refractivity contribution in [2.75, 3.05) is 5.32 Å². The maximum atomic E-state index is 10.8. The third-order valence-corrected chi connectivity index (χ3v) is 1.88. The van der Waals surface area contributed by atoms with E-state index in [0.29, 0.717) is 0 Å². The predicted molar refractivity (Wildman–Crippen MR) is 53.8 cm³/mol. The van der Waals surface area contributed by atoms with E-state index in [-0.39, 0.29) is 0 Å². The Balaban J connectivity index is 2.64. The Morgan fingerprint density at radius 1 is 1.38 bits per heavy atom. The Bertz CT molecular complexity index is 284. The molecule has 3 nitrogen and oxygen atoms in total. The molecule has 0 aliphatic heterocycles. The van der Waals surface area contributed by atoms with Crippen LogP contribution in [0.15, 0.2) is 24.3 Å². The molecule has 0 unspecified atom stereocenters. The minimum atomic E-state index is -0.425. The first kappa shape index (κ1) is 9.86. The van der Waals surface area contributed by atoms with Crippen LogP contribution in [0.5, 0.6) is 0 Å². The highest BCUT2D eigenvalue weighted by Crippen LogP contribution is 2.09. The Morgan fingerprint density at radius 2 is 2.00 bits per heavy atom. The molecular weight excluding hydrogens is 188 g/mol. The van der Waals surface area contributed by atoms with Crippen molar-refractivity contribution < 1.29 is 4.79 Å². The SMILES string of the molecule is CCc1ccc(NC(=O)NCl)cc1. The number of hydrogen-bond acceptors (Lipinski definition) is 1. The van der Waals surface area contributed by atoms with Crippen molar-refractivity contribution in [3.8, 4) is 0 Å². The number of carbonyl (C=O) groups is 1. The summed E-state index contributed by atoms with van der Waals surface area (Å²) in [6, 6.07) is 7.18. The predicted octanol–water partition coefficient (Wildman–Crippen LogP) is 2.52. The highest BCUT2D eigenvalue weighted by atomic mass is 35.5. The van der Waals surface area contributed by atoms with E-state index in [9.17, 15) is 4.79 Å². The molecular formula is C9H11ClN2O. The van der Waals surface area contributed by atoms with E-state index < -0.39 is 6.03 Å². The number of hydrogen-bond donors (Lipinski definition) is 2. The van der Waals surface area contributed by atoms with Gasteiger partial charge in [0.1, 0.15) is 0 Å². The summed E-state index contributed by atoms with van der Waals surface area (Å²) in [6.07, 6.45) is 0.988. The number of carbonyl (C=O) groups excluding carboxylic acids is 1. The monoisotopic (exact) mass is 198 g/mol. The first-order valence-electron chi connectivity index (χ1n) is 4.03. The minimum absolute atomic E-state index is 0.425. The average molecular weight is 199 g/mol. The number of anilines is 1. The molecule has 2 amide bonds. The molecule has 0 atom stereocenters. The fourth-order valence-corrected chi connectivity index (χ4v) is 1.03. The van der Waals surface area contributed by atoms with Gasteiger partial charge in [-0.25, -0.2) is 9.63 Å². The largest absolute Gasteiger partial charge is 0.333 e. The summed E-state index contributed by atoms with van der Waals surface area (Å²) < 4.78 is 0. The fourth-order valence-electron chi connectivity index (χ4n) is 0.978. The molecule has 1 aromatic rings. The van der Waals surface area contributed by atoms with Gasteiger partial charge in [-0.05, 0) is 24.1 Å². The molecule has 0 radical (unpaired) electrons. The Morgan fingerprint density at radius 3 is 2.46 bits per heavy atom. The van der Waals surface area contributed by atoms with E-state index in [4.69, 9.17) is 11.8 Å². The van der Waals surface area contributed by atoms with Crippen LogP contribution in [0.1, 0.15) is 12.5 Å². The molecule has 1 rings (SSSR count). The summed E-state index contributed by atoms with van der Waals surface area (Å²) in [5.41, 5.74) is 1.96. The summed E-state index contributed by atoms with van der Waals surface area (Å²) >= 11 is 5.10. The van der Waals surface area contributed by atoms with E-state index in [1.165, 1.54) is 5.56 Å². The molecule has 0 bridgehead atoms. The summed E-state index contributed by atoms with van der Waals surface area (Å²) in [6.45, 7) is 2.08. The lowest BCUT2D eigenvalue weighted by atomic mass is 10.1. The van der Waals surface area contributed by atoms with Gasteiger partial charge in [0.2, 0.25) is 0 Å². The maximum Gasteiger partial charge on any atom is 0.333 e. The summed E-state index contributed by atoms with van der Waals surface area (Å²) in [5.74, 6) is 0. The second-order valence-electron chi connectivity index (χ2n) is 2.60. The van der Waals surface area contributed by atoms with Crippen LogP contribution >= 0.6 is 11.8 Å². The number of rotatable bonds is 2.